The van der Waals surface area contributed by atoms with Crippen LogP contribution in [0.3, 0.4) is 0 Å². The molecule has 0 aliphatic carbocycles. The molecule has 0 fully saturated rings. The van der Waals surface area contributed by atoms with Gasteiger partial charge in [-0.2, -0.15) is 5.10 Å². The third-order valence-corrected chi connectivity index (χ3v) is 2.87. The Kier molecular flexibility index (Phi) is 3.47. The van der Waals surface area contributed by atoms with Crippen molar-refractivity contribution < 1.29 is 4.74 Å². The number of ether oxygens (including phenoxy) is 1. The Labute approximate surface area is 102 Å². The van der Waals surface area contributed by atoms with E-state index in [2.05, 4.69) is 25.0 Å². The van der Waals surface area contributed by atoms with Crippen LogP contribution in [0, 0.1) is 0 Å². The summed E-state index contributed by atoms with van der Waals surface area (Å²) in [4.78, 5) is 0. The number of benzene rings is 1. The van der Waals surface area contributed by atoms with Gasteiger partial charge < -0.3 is 4.74 Å². The van der Waals surface area contributed by atoms with Gasteiger partial charge in [0.1, 0.15) is 11.4 Å². The van der Waals surface area contributed by atoms with E-state index >= 15 is 0 Å². The van der Waals surface area contributed by atoms with Gasteiger partial charge in [0.15, 0.2) is 0 Å². The van der Waals surface area contributed by atoms with E-state index in [-0.39, 0.29) is 0 Å². The predicted molar refractivity (Wildman–Crippen MR) is 68.9 cm³/mol. The number of nitrogens with zero attached hydrogens (tertiary/aromatic N) is 2. The number of rotatable bonds is 4. The molecule has 1 aromatic carbocycles. The van der Waals surface area contributed by atoms with Crippen molar-refractivity contribution in [2.24, 2.45) is 0 Å². The topological polar surface area (TPSA) is 27.1 Å². The van der Waals surface area contributed by atoms with E-state index in [4.69, 9.17) is 4.74 Å². The molecule has 0 aliphatic rings. The Hall–Kier alpha value is -1.77. The van der Waals surface area contributed by atoms with E-state index in [1.54, 1.807) is 7.11 Å². The van der Waals surface area contributed by atoms with Crippen molar-refractivity contribution in [2.45, 2.75) is 26.7 Å². The minimum Gasteiger partial charge on any atom is -0.494 e. The number of hydrogen-bond donors (Lipinski definition) is 0. The van der Waals surface area contributed by atoms with Gasteiger partial charge in [-0.3, -0.25) is 0 Å². The molecular formula is C14H18N2O. The summed E-state index contributed by atoms with van der Waals surface area (Å²) in [6.45, 7) is 4.26. The fourth-order valence-electron chi connectivity index (χ4n) is 1.91. The summed E-state index contributed by atoms with van der Waals surface area (Å²) in [7, 11) is 1.69. The molecule has 2 aromatic rings. The third-order valence-electron chi connectivity index (χ3n) is 2.87. The van der Waals surface area contributed by atoms with Crippen LogP contribution >= 0.6 is 0 Å². The Morgan fingerprint density at radius 2 is 1.94 bits per heavy atom. The molecule has 0 N–H and O–H groups in total. The zero-order valence-electron chi connectivity index (χ0n) is 10.6. The third kappa shape index (κ3) is 2.18. The summed E-state index contributed by atoms with van der Waals surface area (Å²) in [6, 6.07) is 10.1. The largest absolute Gasteiger partial charge is 0.494 e. The lowest BCUT2D eigenvalue weighted by atomic mass is 10.2. The highest BCUT2D eigenvalue weighted by Gasteiger charge is 2.10. The average Bonchev–Trinajstić information content (AvgIpc) is 2.81. The summed E-state index contributed by atoms with van der Waals surface area (Å²) in [6.07, 6.45) is 1.92. The number of para-hydroxylation sites is 2. The van der Waals surface area contributed by atoms with Crippen LogP contribution in [0.5, 0.6) is 5.75 Å². The fourth-order valence-corrected chi connectivity index (χ4v) is 1.91. The van der Waals surface area contributed by atoms with Crippen LogP contribution in [0.25, 0.3) is 5.69 Å². The fraction of sp³-hybridized carbons (Fsp3) is 0.357. The second kappa shape index (κ2) is 5.04. The maximum absolute atomic E-state index is 5.38. The van der Waals surface area contributed by atoms with Gasteiger partial charge in [-0.25, -0.2) is 4.68 Å². The zero-order valence-corrected chi connectivity index (χ0v) is 10.6. The van der Waals surface area contributed by atoms with E-state index in [0.717, 1.165) is 30.0 Å². The number of hydrogen-bond acceptors (Lipinski definition) is 2. The van der Waals surface area contributed by atoms with Crippen molar-refractivity contribution in [3.05, 3.63) is 41.7 Å². The molecule has 1 aromatic heterocycles. The molecule has 0 radical (unpaired) electrons. The van der Waals surface area contributed by atoms with Crippen LogP contribution in [-0.4, -0.2) is 16.9 Å². The molecule has 90 valence electrons. The summed E-state index contributed by atoms with van der Waals surface area (Å²) in [5.74, 6) is 0.855. The molecule has 0 atom stereocenters. The summed E-state index contributed by atoms with van der Waals surface area (Å²) in [5.41, 5.74) is 3.34. The molecule has 0 spiro atoms. The molecule has 0 bridgehead atoms. The lowest BCUT2D eigenvalue weighted by molar-refractivity contribution is 0.411. The molecular weight excluding hydrogens is 212 g/mol. The second-order valence-corrected chi connectivity index (χ2v) is 3.92. The highest BCUT2D eigenvalue weighted by atomic mass is 16.5. The normalized spacial score (nSPS) is 10.5. The molecule has 1 heterocycles. The minimum absolute atomic E-state index is 0.855. The van der Waals surface area contributed by atoms with Crippen LogP contribution in [0.1, 0.15) is 25.2 Å². The van der Waals surface area contributed by atoms with E-state index in [9.17, 15) is 0 Å². The van der Waals surface area contributed by atoms with E-state index in [0.29, 0.717) is 0 Å². The molecule has 0 unspecified atom stereocenters. The first-order valence-electron chi connectivity index (χ1n) is 6.01. The van der Waals surface area contributed by atoms with E-state index < -0.39 is 0 Å². The second-order valence-electron chi connectivity index (χ2n) is 3.92. The maximum Gasteiger partial charge on any atom is 0.144 e. The van der Waals surface area contributed by atoms with Crippen LogP contribution in [0.15, 0.2) is 30.3 Å². The van der Waals surface area contributed by atoms with Gasteiger partial charge in [-0.05, 0) is 31.0 Å². The number of aromatic nitrogens is 2. The molecule has 0 amide bonds. The van der Waals surface area contributed by atoms with Gasteiger partial charge in [-0.15, -0.1) is 0 Å². The quantitative estimate of drug-likeness (QED) is 0.807. The lowest BCUT2D eigenvalue weighted by Gasteiger charge is -2.10. The average molecular weight is 230 g/mol. The van der Waals surface area contributed by atoms with Crippen LogP contribution in [0.4, 0.5) is 0 Å². The Balaban J connectivity index is 2.54. The minimum atomic E-state index is 0.855. The van der Waals surface area contributed by atoms with Crippen molar-refractivity contribution in [3.8, 4) is 11.4 Å². The Bertz CT molecular complexity index is 503. The first-order valence-corrected chi connectivity index (χ1v) is 6.01. The smallest absolute Gasteiger partial charge is 0.144 e. The van der Waals surface area contributed by atoms with Crippen molar-refractivity contribution in [1.29, 1.82) is 0 Å². The van der Waals surface area contributed by atoms with Crippen LogP contribution in [0.2, 0.25) is 0 Å². The number of methoxy groups -OCH3 is 1. The molecule has 3 heteroatoms. The highest BCUT2D eigenvalue weighted by Crippen LogP contribution is 2.23. The summed E-state index contributed by atoms with van der Waals surface area (Å²) in [5, 5.41) is 4.62. The van der Waals surface area contributed by atoms with Crippen molar-refractivity contribution in [1.82, 2.24) is 9.78 Å². The maximum atomic E-state index is 5.38. The first kappa shape index (κ1) is 11.7. The number of aryl methyl sites for hydroxylation is 2. The molecule has 0 saturated carbocycles. The van der Waals surface area contributed by atoms with Gasteiger partial charge in [0.2, 0.25) is 0 Å². The standard InChI is InChI=1S/C14H18N2O/c1-4-11-10-12(5-2)16(15-11)13-8-6-7-9-14(13)17-3/h6-10H,4-5H2,1-3H3. The van der Waals surface area contributed by atoms with Gasteiger partial charge in [0, 0.05) is 5.69 Å². The first-order chi connectivity index (χ1) is 8.30. The Morgan fingerprint density at radius 3 is 2.59 bits per heavy atom. The molecule has 0 saturated heterocycles. The van der Waals surface area contributed by atoms with Crippen molar-refractivity contribution in [3.63, 3.8) is 0 Å². The van der Waals surface area contributed by atoms with Crippen LogP contribution in [-0.2, 0) is 12.8 Å². The van der Waals surface area contributed by atoms with Crippen molar-refractivity contribution in [2.75, 3.05) is 7.11 Å². The molecule has 0 aliphatic heterocycles. The monoisotopic (exact) mass is 230 g/mol. The van der Waals surface area contributed by atoms with Gasteiger partial charge in [0.05, 0.1) is 12.8 Å². The lowest BCUT2D eigenvalue weighted by Crippen LogP contribution is -2.03. The summed E-state index contributed by atoms with van der Waals surface area (Å²) < 4.78 is 7.37. The Morgan fingerprint density at radius 1 is 1.18 bits per heavy atom. The van der Waals surface area contributed by atoms with E-state index in [1.807, 2.05) is 28.9 Å². The van der Waals surface area contributed by atoms with E-state index in [1.165, 1.54) is 5.69 Å². The molecule has 3 nitrogen and oxygen atoms in total. The molecule has 2 rings (SSSR count). The van der Waals surface area contributed by atoms with Gasteiger partial charge in [-0.1, -0.05) is 26.0 Å². The highest BCUT2D eigenvalue weighted by molar-refractivity contribution is 5.47. The van der Waals surface area contributed by atoms with Crippen LogP contribution < -0.4 is 4.74 Å². The van der Waals surface area contributed by atoms with Gasteiger partial charge >= 0.3 is 0 Å². The summed E-state index contributed by atoms with van der Waals surface area (Å²) >= 11 is 0. The molecule has 17 heavy (non-hydrogen) atoms. The predicted octanol–water partition coefficient (Wildman–Crippen LogP) is 3.01. The SMILES string of the molecule is CCc1cc(CC)n(-c2ccccc2OC)n1. The zero-order chi connectivity index (χ0) is 12.3. The van der Waals surface area contributed by atoms with Gasteiger partial charge in [0.25, 0.3) is 0 Å². The van der Waals surface area contributed by atoms with Crippen molar-refractivity contribution >= 4 is 0 Å².